The van der Waals surface area contributed by atoms with Gasteiger partial charge in [0.25, 0.3) is 0 Å². The van der Waals surface area contributed by atoms with Crippen LogP contribution in [-0.4, -0.2) is 17.6 Å². The van der Waals surface area contributed by atoms with Crippen molar-refractivity contribution in [2.75, 3.05) is 11.9 Å². The largest absolute Gasteiger partial charge is 0.388 e. The van der Waals surface area contributed by atoms with E-state index in [9.17, 15) is 9.90 Å². The minimum atomic E-state index is -0.817. The van der Waals surface area contributed by atoms with Crippen molar-refractivity contribution in [2.45, 2.75) is 13.0 Å². The van der Waals surface area contributed by atoms with Crippen LogP contribution in [0.4, 0.5) is 5.69 Å². The Labute approximate surface area is 92.5 Å². The second-order valence-electron chi connectivity index (χ2n) is 3.23. The van der Waals surface area contributed by atoms with E-state index in [-0.39, 0.29) is 12.5 Å². The van der Waals surface area contributed by atoms with Crippen molar-refractivity contribution in [3.05, 3.63) is 40.3 Å². The molecule has 6 heteroatoms. The molecule has 0 aliphatic heterocycles. The first-order valence-electron chi connectivity index (χ1n) is 4.70. The molecule has 0 saturated heterocycles. The van der Waals surface area contributed by atoms with Crippen LogP contribution in [0.3, 0.4) is 0 Å². The molecule has 0 saturated carbocycles. The quantitative estimate of drug-likeness (QED) is 0.460. The fourth-order valence-corrected chi connectivity index (χ4v) is 1.21. The highest BCUT2D eigenvalue weighted by Gasteiger charge is 2.05. The van der Waals surface area contributed by atoms with Crippen molar-refractivity contribution in [2.24, 2.45) is 5.11 Å². The van der Waals surface area contributed by atoms with Crippen LogP contribution in [0, 0.1) is 0 Å². The summed E-state index contributed by atoms with van der Waals surface area (Å²) in [6.45, 7) is 1.42. The van der Waals surface area contributed by atoms with Gasteiger partial charge in [-0.25, -0.2) is 0 Å². The molecule has 0 aliphatic rings. The summed E-state index contributed by atoms with van der Waals surface area (Å²) in [7, 11) is 0. The van der Waals surface area contributed by atoms with Gasteiger partial charge in [0.1, 0.15) is 0 Å². The van der Waals surface area contributed by atoms with Crippen LogP contribution in [0.25, 0.3) is 10.4 Å². The fraction of sp³-hybridized carbons (Fsp3) is 0.300. The second-order valence-corrected chi connectivity index (χ2v) is 3.23. The van der Waals surface area contributed by atoms with Gasteiger partial charge in [-0.3, -0.25) is 4.79 Å². The van der Waals surface area contributed by atoms with E-state index in [2.05, 4.69) is 15.3 Å². The second kappa shape index (κ2) is 5.75. The van der Waals surface area contributed by atoms with Crippen LogP contribution in [0.15, 0.2) is 29.4 Å². The molecule has 0 radical (unpaired) electrons. The van der Waals surface area contributed by atoms with Crippen LogP contribution in [0.1, 0.15) is 18.6 Å². The van der Waals surface area contributed by atoms with Gasteiger partial charge in [-0.1, -0.05) is 17.2 Å². The molecule has 0 aliphatic carbocycles. The molecule has 1 unspecified atom stereocenters. The molecule has 1 rings (SSSR count). The van der Waals surface area contributed by atoms with E-state index in [4.69, 9.17) is 5.53 Å². The Morgan fingerprint density at radius 2 is 2.19 bits per heavy atom. The lowest BCUT2D eigenvalue weighted by Crippen LogP contribution is -2.06. The fourth-order valence-electron chi connectivity index (χ4n) is 1.21. The van der Waals surface area contributed by atoms with Gasteiger partial charge >= 0.3 is 0 Å². The number of aliphatic hydroxyl groups excluding tert-OH is 1. The number of amides is 1. The number of azide groups is 1. The average Bonchev–Trinajstić information content (AvgIpc) is 2.26. The number of aliphatic hydroxyl groups is 1. The average molecular weight is 220 g/mol. The SMILES string of the molecule is CC(=O)Nc1ccc(C(O)CN=[N+]=[N-])cc1. The molecule has 2 N–H and O–H groups in total. The first kappa shape index (κ1) is 12.0. The molecule has 1 amide bonds. The zero-order chi connectivity index (χ0) is 12.0. The Morgan fingerprint density at radius 1 is 1.56 bits per heavy atom. The smallest absolute Gasteiger partial charge is 0.221 e. The topological polar surface area (TPSA) is 98.1 Å². The maximum absolute atomic E-state index is 10.8. The van der Waals surface area contributed by atoms with Crippen LogP contribution in [-0.2, 0) is 4.79 Å². The summed E-state index contributed by atoms with van der Waals surface area (Å²) >= 11 is 0. The number of carbonyl (C=O) groups excluding carboxylic acids is 1. The third kappa shape index (κ3) is 3.61. The number of benzene rings is 1. The van der Waals surface area contributed by atoms with E-state index in [1.807, 2.05) is 0 Å². The number of hydrogen-bond donors (Lipinski definition) is 2. The highest BCUT2D eigenvalue weighted by atomic mass is 16.3. The predicted octanol–water partition coefficient (Wildman–Crippen LogP) is 1.99. The maximum Gasteiger partial charge on any atom is 0.221 e. The van der Waals surface area contributed by atoms with Crippen LogP contribution < -0.4 is 5.32 Å². The summed E-state index contributed by atoms with van der Waals surface area (Å²) in [4.78, 5) is 13.3. The van der Waals surface area contributed by atoms with Gasteiger partial charge in [-0.2, -0.15) is 0 Å². The Balaban J connectivity index is 2.70. The predicted molar refractivity (Wildman–Crippen MR) is 59.7 cm³/mol. The molecule has 0 spiro atoms. The van der Waals surface area contributed by atoms with E-state index in [0.29, 0.717) is 11.3 Å². The van der Waals surface area contributed by atoms with Crippen LogP contribution in [0.5, 0.6) is 0 Å². The van der Waals surface area contributed by atoms with Gasteiger partial charge in [0, 0.05) is 17.5 Å². The maximum atomic E-state index is 10.8. The van der Waals surface area contributed by atoms with Crippen molar-refractivity contribution in [1.82, 2.24) is 0 Å². The minimum absolute atomic E-state index is 0.00398. The lowest BCUT2D eigenvalue weighted by molar-refractivity contribution is -0.114. The standard InChI is InChI=1S/C10H12N4O2/c1-7(15)13-9-4-2-8(3-5-9)10(16)6-12-14-11/h2-5,10,16H,6H2,1H3,(H,13,15). The van der Waals surface area contributed by atoms with E-state index in [1.165, 1.54) is 6.92 Å². The van der Waals surface area contributed by atoms with Crippen molar-refractivity contribution in [3.63, 3.8) is 0 Å². The van der Waals surface area contributed by atoms with Gasteiger partial charge in [-0.05, 0) is 23.2 Å². The number of nitrogens with zero attached hydrogens (tertiary/aromatic N) is 3. The van der Waals surface area contributed by atoms with E-state index >= 15 is 0 Å². The van der Waals surface area contributed by atoms with Crippen molar-refractivity contribution < 1.29 is 9.90 Å². The van der Waals surface area contributed by atoms with Gasteiger partial charge in [0.15, 0.2) is 0 Å². The third-order valence-corrected chi connectivity index (χ3v) is 1.93. The van der Waals surface area contributed by atoms with Crippen molar-refractivity contribution in [3.8, 4) is 0 Å². The third-order valence-electron chi connectivity index (χ3n) is 1.93. The van der Waals surface area contributed by atoms with Gasteiger partial charge in [0.2, 0.25) is 5.91 Å². The zero-order valence-electron chi connectivity index (χ0n) is 8.79. The molecule has 6 nitrogen and oxygen atoms in total. The summed E-state index contributed by atoms with van der Waals surface area (Å²) in [5.74, 6) is -0.151. The van der Waals surface area contributed by atoms with Gasteiger partial charge in [0.05, 0.1) is 12.6 Å². The first-order valence-corrected chi connectivity index (χ1v) is 4.70. The Bertz CT molecular complexity index is 409. The van der Waals surface area contributed by atoms with Crippen molar-refractivity contribution in [1.29, 1.82) is 0 Å². The molecule has 16 heavy (non-hydrogen) atoms. The lowest BCUT2D eigenvalue weighted by Gasteiger charge is -2.08. The Morgan fingerprint density at radius 3 is 2.69 bits per heavy atom. The Hall–Kier alpha value is -2.04. The summed E-state index contributed by atoms with van der Waals surface area (Å²) < 4.78 is 0. The van der Waals surface area contributed by atoms with E-state index in [0.717, 1.165) is 0 Å². The number of rotatable bonds is 4. The minimum Gasteiger partial charge on any atom is -0.388 e. The molecule has 0 aromatic heterocycles. The normalized spacial score (nSPS) is 11.4. The van der Waals surface area contributed by atoms with E-state index < -0.39 is 6.10 Å². The van der Waals surface area contributed by atoms with Gasteiger partial charge < -0.3 is 10.4 Å². The molecule has 1 aromatic carbocycles. The van der Waals surface area contributed by atoms with Crippen molar-refractivity contribution >= 4 is 11.6 Å². The Kier molecular flexibility index (Phi) is 4.32. The highest BCUT2D eigenvalue weighted by molar-refractivity contribution is 5.88. The monoisotopic (exact) mass is 220 g/mol. The number of nitrogens with one attached hydrogen (secondary N) is 1. The molecular formula is C10H12N4O2. The molecule has 0 heterocycles. The van der Waals surface area contributed by atoms with E-state index in [1.54, 1.807) is 24.3 Å². The molecular weight excluding hydrogens is 208 g/mol. The summed E-state index contributed by atoms with van der Waals surface area (Å²) in [6, 6.07) is 6.69. The number of anilines is 1. The lowest BCUT2D eigenvalue weighted by atomic mass is 10.1. The summed E-state index contributed by atoms with van der Waals surface area (Å²) in [5.41, 5.74) is 9.40. The summed E-state index contributed by atoms with van der Waals surface area (Å²) in [6.07, 6.45) is -0.817. The molecule has 0 fully saturated rings. The molecule has 0 bridgehead atoms. The zero-order valence-corrected chi connectivity index (χ0v) is 8.79. The van der Waals surface area contributed by atoms with Gasteiger partial charge in [-0.15, -0.1) is 0 Å². The molecule has 84 valence electrons. The first-order chi connectivity index (χ1) is 7.63. The molecule has 1 aromatic rings. The summed E-state index contributed by atoms with van der Waals surface area (Å²) in [5, 5.41) is 15.5. The van der Waals surface area contributed by atoms with Crippen LogP contribution >= 0.6 is 0 Å². The van der Waals surface area contributed by atoms with Crippen LogP contribution in [0.2, 0.25) is 0 Å². The molecule has 1 atom stereocenters. The highest BCUT2D eigenvalue weighted by Crippen LogP contribution is 2.16. The number of carbonyl (C=O) groups is 1. The number of hydrogen-bond acceptors (Lipinski definition) is 3.